The zero-order chi connectivity index (χ0) is 24.0. The summed E-state index contributed by atoms with van der Waals surface area (Å²) >= 11 is 0. The number of benzene rings is 3. The molecule has 0 fully saturated rings. The Bertz CT molecular complexity index is 1180. The molecule has 0 bridgehead atoms. The Labute approximate surface area is 195 Å². The van der Waals surface area contributed by atoms with Crippen molar-refractivity contribution in [2.75, 3.05) is 10.6 Å². The molecule has 0 saturated heterocycles. The molecule has 0 saturated carbocycles. The van der Waals surface area contributed by atoms with Crippen molar-refractivity contribution in [3.8, 4) is 0 Å². The average Bonchev–Trinajstić information content (AvgIpc) is 2.77. The van der Waals surface area contributed by atoms with Crippen molar-refractivity contribution in [2.24, 2.45) is 5.92 Å². The second kappa shape index (κ2) is 10.6. The molecule has 33 heavy (non-hydrogen) atoms. The third-order valence-electron chi connectivity index (χ3n) is 5.30. The molecule has 1 atom stereocenters. The Kier molecular flexibility index (Phi) is 7.87. The van der Waals surface area contributed by atoms with Crippen molar-refractivity contribution in [1.29, 1.82) is 0 Å². The van der Waals surface area contributed by atoms with Gasteiger partial charge in [-0.1, -0.05) is 62.4 Å². The van der Waals surface area contributed by atoms with E-state index in [0.717, 1.165) is 22.5 Å². The van der Waals surface area contributed by atoms with Crippen LogP contribution in [0.1, 0.15) is 47.8 Å². The fraction of sp³-hybridized carbons (Fsp3) is 0.269. The number of hydrogen-bond acceptors (Lipinski definition) is 3. The molecule has 0 spiro atoms. The highest BCUT2D eigenvalue weighted by molar-refractivity contribution is 7.92. The second-order valence-corrected chi connectivity index (χ2v) is 10.4. The van der Waals surface area contributed by atoms with Crippen molar-refractivity contribution >= 4 is 21.6 Å². The lowest BCUT2D eigenvalue weighted by Gasteiger charge is -2.23. The number of rotatable bonds is 9. The van der Waals surface area contributed by atoms with Gasteiger partial charge in [0.05, 0.1) is 24.5 Å². The molecule has 0 aliphatic heterocycles. The molecule has 0 aliphatic carbocycles. The summed E-state index contributed by atoms with van der Waals surface area (Å²) in [7, 11) is -3.67. The minimum Gasteiger partial charge on any atom is -0.345 e. The molecule has 0 heterocycles. The van der Waals surface area contributed by atoms with Crippen LogP contribution in [0.15, 0.2) is 78.9 Å². The van der Waals surface area contributed by atoms with Gasteiger partial charge in [0, 0.05) is 11.1 Å². The maximum Gasteiger partial charge on any atom is 0.251 e. The highest BCUT2D eigenvalue weighted by atomic mass is 32.2. The van der Waals surface area contributed by atoms with Crippen LogP contribution in [0.25, 0.3) is 0 Å². The van der Waals surface area contributed by atoms with E-state index in [1.807, 2.05) is 30.3 Å². The second-order valence-electron chi connectivity index (χ2n) is 8.47. The van der Waals surface area contributed by atoms with Crippen LogP contribution in [-0.2, 0) is 16.6 Å². The zero-order valence-electron chi connectivity index (χ0n) is 19.0. The van der Waals surface area contributed by atoms with Crippen LogP contribution in [-0.4, -0.2) is 20.6 Å². The summed E-state index contributed by atoms with van der Waals surface area (Å²) in [6.45, 7) is 4.07. The van der Waals surface area contributed by atoms with E-state index in [1.165, 1.54) is 6.07 Å². The Morgan fingerprint density at radius 2 is 1.55 bits per heavy atom. The molecule has 7 heteroatoms. The van der Waals surface area contributed by atoms with Gasteiger partial charge in [-0.05, 0) is 48.2 Å². The Hall–Kier alpha value is -3.19. The van der Waals surface area contributed by atoms with E-state index in [-0.39, 0.29) is 24.1 Å². The van der Waals surface area contributed by atoms with Gasteiger partial charge in [-0.2, -0.15) is 0 Å². The fourth-order valence-electron chi connectivity index (χ4n) is 3.64. The third-order valence-corrected chi connectivity index (χ3v) is 6.44. The minimum absolute atomic E-state index is 0.132. The fourth-order valence-corrected chi connectivity index (χ4v) is 4.52. The molecule has 0 aliphatic rings. The number of sulfonamides is 1. The van der Waals surface area contributed by atoms with Gasteiger partial charge in [-0.15, -0.1) is 0 Å². The lowest BCUT2D eigenvalue weighted by molar-refractivity contribution is 0.0932. The number of amides is 1. The van der Waals surface area contributed by atoms with Crippen molar-refractivity contribution < 1.29 is 17.6 Å². The summed E-state index contributed by atoms with van der Waals surface area (Å²) in [4.78, 5) is 12.9. The SMILES string of the molecule is CC(C)C[C@H](NC(=O)c1ccc(N(Cc2ccccc2F)S(C)(=O)=O)cc1)c1ccccc1. The third kappa shape index (κ3) is 6.65. The largest absolute Gasteiger partial charge is 0.345 e. The van der Waals surface area contributed by atoms with E-state index in [9.17, 15) is 17.6 Å². The maximum atomic E-state index is 14.1. The van der Waals surface area contributed by atoms with Crippen LogP contribution in [0.3, 0.4) is 0 Å². The van der Waals surface area contributed by atoms with E-state index in [4.69, 9.17) is 0 Å². The zero-order valence-corrected chi connectivity index (χ0v) is 19.8. The van der Waals surface area contributed by atoms with E-state index in [2.05, 4.69) is 19.2 Å². The number of carbonyl (C=O) groups is 1. The minimum atomic E-state index is -3.67. The number of nitrogens with one attached hydrogen (secondary N) is 1. The number of hydrogen-bond donors (Lipinski definition) is 1. The molecule has 3 rings (SSSR count). The van der Waals surface area contributed by atoms with Gasteiger partial charge in [-0.3, -0.25) is 9.10 Å². The highest BCUT2D eigenvalue weighted by Gasteiger charge is 2.21. The standard InChI is InChI=1S/C26H29FN2O3S/c1-19(2)17-25(20-9-5-4-6-10-20)28-26(30)21-13-15-23(16-14-21)29(33(3,31)32)18-22-11-7-8-12-24(22)27/h4-16,19,25H,17-18H2,1-3H3,(H,28,30)/t25-/m0/s1. The number of anilines is 1. The molecule has 0 aromatic heterocycles. The lowest BCUT2D eigenvalue weighted by Crippen LogP contribution is -2.30. The van der Waals surface area contributed by atoms with Gasteiger partial charge >= 0.3 is 0 Å². The van der Waals surface area contributed by atoms with Crippen LogP contribution in [0.5, 0.6) is 0 Å². The van der Waals surface area contributed by atoms with Gasteiger partial charge in [-0.25, -0.2) is 12.8 Å². The van der Waals surface area contributed by atoms with E-state index in [0.29, 0.717) is 17.2 Å². The van der Waals surface area contributed by atoms with Crippen LogP contribution in [0, 0.1) is 11.7 Å². The predicted molar refractivity (Wildman–Crippen MR) is 130 cm³/mol. The Balaban J connectivity index is 1.81. The summed E-state index contributed by atoms with van der Waals surface area (Å²) in [6, 6.07) is 22.0. The summed E-state index contributed by atoms with van der Waals surface area (Å²) in [5.41, 5.74) is 2.08. The quantitative estimate of drug-likeness (QED) is 0.463. The molecule has 1 N–H and O–H groups in total. The molecule has 0 radical (unpaired) electrons. The normalized spacial score (nSPS) is 12.4. The van der Waals surface area contributed by atoms with Crippen LogP contribution >= 0.6 is 0 Å². The van der Waals surface area contributed by atoms with Crippen molar-refractivity contribution in [3.05, 3.63) is 101 Å². The van der Waals surface area contributed by atoms with E-state index < -0.39 is 15.8 Å². The Morgan fingerprint density at radius 1 is 0.939 bits per heavy atom. The number of halogens is 1. The first kappa shape index (κ1) is 24.5. The summed E-state index contributed by atoms with van der Waals surface area (Å²) in [5.74, 6) is -0.324. The molecule has 0 unspecified atom stereocenters. The Morgan fingerprint density at radius 3 is 2.12 bits per heavy atom. The average molecular weight is 469 g/mol. The lowest BCUT2D eigenvalue weighted by atomic mass is 9.96. The van der Waals surface area contributed by atoms with E-state index in [1.54, 1.807) is 42.5 Å². The first-order chi connectivity index (χ1) is 15.6. The molecule has 1 amide bonds. The first-order valence-corrected chi connectivity index (χ1v) is 12.7. The van der Waals surface area contributed by atoms with Crippen molar-refractivity contribution in [2.45, 2.75) is 32.9 Å². The van der Waals surface area contributed by atoms with Gasteiger partial charge in [0.15, 0.2) is 0 Å². The smallest absolute Gasteiger partial charge is 0.251 e. The molecular formula is C26H29FN2O3S. The van der Waals surface area contributed by atoms with Crippen molar-refractivity contribution in [3.63, 3.8) is 0 Å². The van der Waals surface area contributed by atoms with Crippen LogP contribution < -0.4 is 9.62 Å². The molecule has 3 aromatic rings. The first-order valence-electron chi connectivity index (χ1n) is 10.8. The van der Waals surface area contributed by atoms with E-state index >= 15 is 0 Å². The van der Waals surface area contributed by atoms with Crippen molar-refractivity contribution in [1.82, 2.24) is 5.32 Å². The van der Waals surface area contributed by atoms with Gasteiger partial charge < -0.3 is 5.32 Å². The highest BCUT2D eigenvalue weighted by Crippen LogP contribution is 2.24. The van der Waals surface area contributed by atoms with Gasteiger partial charge in [0.1, 0.15) is 5.82 Å². The van der Waals surface area contributed by atoms with Crippen LogP contribution in [0.4, 0.5) is 10.1 Å². The molecule has 174 valence electrons. The monoisotopic (exact) mass is 468 g/mol. The summed E-state index contributed by atoms with van der Waals surface area (Å²) in [6.07, 6.45) is 1.86. The predicted octanol–water partition coefficient (Wildman–Crippen LogP) is 5.31. The molecule has 5 nitrogen and oxygen atoms in total. The molecular weight excluding hydrogens is 439 g/mol. The molecule has 3 aromatic carbocycles. The topological polar surface area (TPSA) is 66.5 Å². The van der Waals surface area contributed by atoms with Crippen LogP contribution in [0.2, 0.25) is 0 Å². The summed E-state index contributed by atoms with van der Waals surface area (Å²) < 4.78 is 40.0. The number of carbonyl (C=O) groups excluding carboxylic acids is 1. The maximum absolute atomic E-state index is 14.1. The van der Waals surface area contributed by atoms with Gasteiger partial charge in [0.2, 0.25) is 10.0 Å². The summed E-state index contributed by atoms with van der Waals surface area (Å²) in [5, 5.41) is 3.09. The van der Waals surface area contributed by atoms with Gasteiger partial charge in [0.25, 0.3) is 5.91 Å². The number of nitrogens with zero attached hydrogens (tertiary/aromatic N) is 1.